The molecule has 0 atom stereocenters. The van der Waals surface area contributed by atoms with Gasteiger partial charge >= 0.3 is 0 Å². The van der Waals surface area contributed by atoms with Crippen LogP contribution in [-0.4, -0.2) is 26.9 Å². The second kappa shape index (κ2) is 10.2. The van der Waals surface area contributed by atoms with E-state index in [1.165, 1.54) is 12.0 Å². The maximum atomic E-state index is 5.52. The van der Waals surface area contributed by atoms with E-state index in [1.807, 2.05) is 12.1 Å². The van der Waals surface area contributed by atoms with Crippen molar-refractivity contribution in [2.75, 3.05) is 26.9 Å². The predicted molar refractivity (Wildman–Crippen MR) is 82.7 cm³/mol. The van der Waals surface area contributed by atoms with Crippen LogP contribution in [0.3, 0.4) is 0 Å². The van der Waals surface area contributed by atoms with Gasteiger partial charge < -0.3 is 14.8 Å². The van der Waals surface area contributed by atoms with E-state index in [9.17, 15) is 0 Å². The number of nitrogens with one attached hydrogen (secondary N) is 1. The molecular formula is C15H24BrNO2. The Labute approximate surface area is 124 Å². The number of benzene rings is 1. The number of halogens is 1. The molecule has 0 radical (unpaired) electrons. The summed E-state index contributed by atoms with van der Waals surface area (Å²) in [5.41, 5.74) is 1.21. The zero-order valence-electron chi connectivity index (χ0n) is 11.9. The van der Waals surface area contributed by atoms with Crippen molar-refractivity contribution in [2.45, 2.75) is 32.7 Å². The Bertz CT molecular complexity index is 358. The highest BCUT2D eigenvalue weighted by molar-refractivity contribution is 9.10. The summed E-state index contributed by atoms with van der Waals surface area (Å²) in [6.45, 7) is 5.71. The van der Waals surface area contributed by atoms with E-state index in [2.05, 4.69) is 34.2 Å². The molecule has 0 saturated carbocycles. The predicted octanol–water partition coefficient (Wildman–Crippen LogP) is 3.75. The molecule has 0 bridgehead atoms. The lowest BCUT2D eigenvalue weighted by Crippen LogP contribution is -2.16. The summed E-state index contributed by atoms with van der Waals surface area (Å²) in [5.74, 6) is 0.892. The summed E-state index contributed by atoms with van der Waals surface area (Å²) in [6.07, 6.45) is 3.40. The summed E-state index contributed by atoms with van der Waals surface area (Å²) < 4.78 is 11.9. The average molecular weight is 330 g/mol. The van der Waals surface area contributed by atoms with Crippen molar-refractivity contribution in [1.29, 1.82) is 0 Å². The van der Waals surface area contributed by atoms with Gasteiger partial charge in [0.2, 0.25) is 0 Å². The van der Waals surface area contributed by atoms with Gasteiger partial charge in [0.15, 0.2) is 0 Å². The molecule has 1 aromatic carbocycles. The maximum absolute atomic E-state index is 5.52. The first-order valence-electron chi connectivity index (χ1n) is 6.88. The van der Waals surface area contributed by atoms with E-state index in [0.717, 1.165) is 49.4 Å². The molecule has 0 aromatic heterocycles. The highest BCUT2D eigenvalue weighted by atomic mass is 79.9. The standard InChI is InChI=1S/C15H24BrNO2/c1-3-4-9-19-10-5-8-17-12-13-11-14(18-2)6-7-15(13)16/h6-7,11,17H,3-5,8-10,12H2,1-2H3. The smallest absolute Gasteiger partial charge is 0.119 e. The molecule has 0 heterocycles. The van der Waals surface area contributed by atoms with Crippen molar-refractivity contribution in [3.05, 3.63) is 28.2 Å². The molecule has 1 N–H and O–H groups in total. The lowest BCUT2D eigenvalue weighted by molar-refractivity contribution is 0.129. The van der Waals surface area contributed by atoms with Gasteiger partial charge in [0.25, 0.3) is 0 Å². The zero-order chi connectivity index (χ0) is 13.9. The van der Waals surface area contributed by atoms with Crippen molar-refractivity contribution < 1.29 is 9.47 Å². The van der Waals surface area contributed by atoms with Crippen LogP contribution in [0, 0.1) is 0 Å². The quantitative estimate of drug-likeness (QED) is 0.663. The molecule has 0 spiro atoms. The van der Waals surface area contributed by atoms with Gasteiger partial charge in [-0.25, -0.2) is 0 Å². The molecule has 19 heavy (non-hydrogen) atoms. The SMILES string of the molecule is CCCCOCCCNCc1cc(OC)ccc1Br. The summed E-state index contributed by atoms with van der Waals surface area (Å²) >= 11 is 3.55. The Morgan fingerprint density at radius 2 is 2.00 bits per heavy atom. The average Bonchev–Trinajstić information content (AvgIpc) is 2.43. The fraction of sp³-hybridized carbons (Fsp3) is 0.600. The van der Waals surface area contributed by atoms with Crippen LogP contribution in [-0.2, 0) is 11.3 Å². The largest absolute Gasteiger partial charge is 0.497 e. The van der Waals surface area contributed by atoms with E-state index >= 15 is 0 Å². The lowest BCUT2D eigenvalue weighted by Gasteiger charge is -2.09. The monoisotopic (exact) mass is 329 g/mol. The second-order valence-electron chi connectivity index (χ2n) is 4.45. The Balaban J connectivity index is 2.15. The molecule has 108 valence electrons. The Morgan fingerprint density at radius 3 is 2.74 bits per heavy atom. The van der Waals surface area contributed by atoms with Crippen molar-refractivity contribution in [2.24, 2.45) is 0 Å². The molecule has 0 unspecified atom stereocenters. The van der Waals surface area contributed by atoms with E-state index < -0.39 is 0 Å². The topological polar surface area (TPSA) is 30.5 Å². The molecule has 1 rings (SSSR count). The number of methoxy groups -OCH3 is 1. The van der Waals surface area contributed by atoms with E-state index in [-0.39, 0.29) is 0 Å². The minimum absolute atomic E-state index is 0.840. The first kappa shape index (κ1) is 16.5. The van der Waals surface area contributed by atoms with Gasteiger partial charge in [-0.3, -0.25) is 0 Å². The molecule has 0 aliphatic carbocycles. The lowest BCUT2D eigenvalue weighted by atomic mass is 10.2. The van der Waals surface area contributed by atoms with Crippen LogP contribution in [0.4, 0.5) is 0 Å². The van der Waals surface area contributed by atoms with Gasteiger partial charge in [-0.15, -0.1) is 0 Å². The Morgan fingerprint density at radius 1 is 1.21 bits per heavy atom. The van der Waals surface area contributed by atoms with Crippen molar-refractivity contribution in [3.63, 3.8) is 0 Å². The highest BCUT2D eigenvalue weighted by Gasteiger charge is 2.01. The van der Waals surface area contributed by atoms with Crippen molar-refractivity contribution in [3.8, 4) is 5.75 Å². The molecule has 0 aliphatic rings. The van der Waals surface area contributed by atoms with Gasteiger partial charge in [-0.1, -0.05) is 29.3 Å². The third-order valence-electron chi connectivity index (χ3n) is 2.85. The van der Waals surface area contributed by atoms with Crippen LogP contribution in [0.1, 0.15) is 31.7 Å². The number of hydrogen-bond donors (Lipinski definition) is 1. The Kier molecular flexibility index (Phi) is 8.88. The first-order chi connectivity index (χ1) is 9.27. The summed E-state index contributed by atoms with van der Waals surface area (Å²) in [5, 5.41) is 3.42. The summed E-state index contributed by atoms with van der Waals surface area (Å²) in [4.78, 5) is 0. The van der Waals surface area contributed by atoms with Crippen molar-refractivity contribution in [1.82, 2.24) is 5.32 Å². The molecule has 4 heteroatoms. The number of ether oxygens (including phenoxy) is 2. The molecule has 0 amide bonds. The van der Waals surface area contributed by atoms with Crippen LogP contribution in [0.15, 0.2) is 22.7 Å². The van der Waals surface area contributed by atoms with Gasteiger partial charge in [0.05, 0.1) is 7.11 Å². The number of hydrogen-bond acceptors (Lipinski definition) is 3. The minimum Gasteiger partial charge on any atom is -0.497 e. The first-order valence-corrected chi connectivity index (χ1v) is 7.68. The van der Waals surface area contributed by atoms with Gasteiger partial charge in [0.1, 0.15) is 5.75 Å². The molecular weight excluding hydrogens is 306 g/mol. The maximum Gasteiger partial charge on any atom is 0.119 e. The minimum atomic E-state index is 0.840. The van der Waals surface area contributed by atoms with Gasteiger partial charge in [0, 0.05) is 24.2 Å². The van der Waals surface area contributed by atoms with Crippen LogP contribution >= 0.6 is 15.9 Å². The molecule has 1 aromatic rings. The van der Waals surface area contributed by atoms with Gasteiger partial charge in [-0.2, -0.15) is 0 Å². The summed E-state index contributed by atoms with van der Waals surface area (Å²) in [7, 11) is 1.69. The highest BCUT2D eigenvalue weighted by Crippen LogP contribution is 2.22. The normalized spacial score (nSPS) is 10.7. The third kappa shape index (κ3) is 6.95. The van der Waals surface area contributed by atoms with Gasteiger partial charge in [-0.05, 0) is 43.1 Å². The fourth-order valence-corrected chi connectivity index (χ4v) is 2.07. The van der Waals surface area contributed by atoms with Crippen LogP contribution in [0.2, 0.25) is 0 Å². The molecule has 0 aliphatic heterocycles. The van der Waals surface area contributed by atoms with E-state index in [1.54, 1.807) is 7.11 Å². The number of unbranched alkanes of at least 4 members (excludes halogenated alkanes) is 1. The second-order valence-corrected chi connectivity index (χ2v) is 5.31. The molecule has 3 nitrogen and oxygen atoms in total. The third-order valence-corrected chi connectivity index (χ3v) is 3.63. The van der Waals surface area contributed by atoms with Crippen LogP contribution in [0.5, 0.6) is 5.75 Å². The number of rotatable bonds is 10. The van der Waals surface area contributed by atoms with E-state index in [0.29, 0.717) is 0 Å². The molecule has 0 saturated heterocycles. The fourth-order valence-electron chi connectivity index (χ4n) is 1.68. The Hall–Kier alpha value is -0.580. The van der Waals surface area contributed by atoms with Crippen LogP contribution < -0.4 is 10.1 Å². The van der Waals surface area contributed by atoms with E-state index in [4.69, 9.17) is 9.47 Å². The molecule has 0 fully saturated rings. The summed E-state index contributed by atoms with van der Waals surface area (Å²) in [6, 6.07) is 6.02. The van der Waals surface area contributed by atoms with Crippen molar-refractivity contribution >= 4 is 15.9 Å². The van der Waals surface area contributed by atoms with Crippen LogP contribution in [0.25, 0.3) is 0 Å². The zero-order valence-corrected chi connectivity index (χ0v) is 13.5.